The van der Waals surface area contributed by atoms with Crippen LogP contribution in [0.4, 0.5) is 0 Å². The lowest BCUT2D eigenvalue weighted by Gasteiger charge is -2.45. The number of benzene rings is 1. The maximum atomic E-state index is 13.5. The summed E-state index contributed by atoms with van der Waals surface area (Å²) in [6.07, 6.45) is 2.94. The Morgan fingerprint density at radius 1 is 1.32 bits per heavy atom. The Labute approximate surface area is 204 Å². The Balaban J connectivity index is 1.34. The van der Waals surface area contributed by atoms with E-state index >= 15 is 0 Å². The number of aromatic nitrogens is 3. The van der Waals surface area contributed by atoms with E-state index in [1.807, 2.05) is 30.9 Å². The minimum atomic E-state index is -0.515. The molecule has 34 heavy (non-hydrogen) atoms. The fourth-order valence-electron chi connectivity index (χ4n) is 5.34. The van der Waals surface area contributed by atoms with Crippen molar-refractivity contribution in [3.05, 3.63) is 39.0 Å². The fraction of sp³-hybridized carbons (Fsp3) is 0.577. The second-order valence-electron chi connectivity index (χ2n) is 10.9. The van der Waals surface area contributed by atoms with Gasteiger partial charge in [0.2, 0.25) is 0 Å². The number of aryl methyl sites for hydroxylation is 1. The molecule has 1 aliphatic carbocycles. The fourth-order valence-corrected chi connectivity index (χ4v) is 6.68. The van der Waals surface area contributed by atoms with Crippen LogP contribution in [0, 0.1) is 12.3 Å². The molecule has 0 bridgehead atoms. The Bertz CT molecular complexity index is 1230. The lowest BCUT2D eigenvalue weighted by atomic mass is 9.68. The average molecular weight is 483 g/mol. The lowest BCUT2D eigenvalue weighted by Crippen LogP contribution is -2.45. The Morgan fingerprint density at radius 2 is 2.06 bits per heavy atom. The van der Waals surface area contributed by atoms with Crippen LogP contribution in [0.3, 0.4) is 0 Å². The van der Waals surface area contributed by atoms with Crippen molar-refractivity contribution >= 4 is 28.1 Å². The van der Waals surface area contributed by atoms with Crippen molar-refractivity contribution in [1.29, 1.82) is 0 Å². The van der Waals surface area contributed by atoms with Gasteiger partial charge in [-0.05, 0) is 57.1 Å². The lowest BCUT2D eigenvalue weighted by molar-refractivity contribution is 0.0255. The molecule has 8 heteroatoms. The van der Waals surface area contributed by atoms with E-state index in [-0.39, 0.29) is 16.7 Å². The van der Waals surface area contributed by atoms with Crippen LogP contribution in [0.5, 0.6) is 5.75 Å². The zero-order valence-corrected chi connectivity index (χ0v) is 21.5. The summed E-state index contributed by atoms with van der Waals surface area (Å²) in [6.45, 7) is 12.3. The molecule has 1 unspecified atom stereocenters. The summed E-state index contributed by atoms with van der Waals surface area (Å²) in [7, 11) is 0. The Kier molecular flexibility index (Phi) is 5.72. The summed E-state index contributed by atoms with van der Waals surface area (Å²) in [5.41, 5.74) is 3.23. The zero-order valence-electron chi connectivity index (χ0n) is 20.7. The second kappa shape index (κ2) is 8.34. The van der Waals surface area contributed by atoms with Gasteiger partial charge in [-0.25, -0.2) is 4.98 Å². The molecule has 1 fully saturated rings. The third kappa shape index (κ3) is 4.01. The molecule has 3 aromatic rings. The Morgan fingerprint density at radius 3 is 2.74 bits per heavy atom. The molecular weight excluding hydrogens is 448 g/mol. The number of aliphatic hydroxyl groups is 1. The summed E-state index contributed by atoms with van der Waals surface area (Å²) in [6, 6.07) is 3.74. The van der Waals surface area contributed by atoms with Crippen molar-refractivity contribution in [2.24, 2.45) is 5.41 Å². The van der Waals surface area contributed by atoms with Gasteiger partial charge >= 0.3 is 0 Å². The smallest absolute Gasteiger partial charge is 0.254 e. The minimum Gasteiger partial charge on any atom is -0.491 e. The molecule has 2 aliphatic rings. The number of aromatic amines is 1. The first-order valence-corrected chi connectivity index (χ1v) is 13.0. The van der Waals surface area contributed by atoms with E-state index < -0.39 is 6.10 Å². The van der Waals surface area contributed by atoms with Gasteiger partial charge < -0.3 is 14.7 Å². The summed E-state index contributed by atoms with van der Waals surface area (Å²) in [5, 5.41) is 20.3. The number of carbonyl (C=O) groups excluding carboxylic acids is 1. The highest BCUT2D eigenvalue weighted by Crippen LogP contribution is 2.50. The molecule has 7 nitrogen and oxygen atoms in total. The number of likely N-dealkylation sites (tertiary alicyclic amines) is 1. The number of aliphatic hydroxyl groups excluding tert-OH is 1. The van der Waals surface area contributed by atoms with Gasteiger partial charge in [0, 0.05) is 40.0 Å². The quantitative estimate of drug-likeness (QED) is 0.553. The molecule has 1 amide bonds. The molecule has 1 aromatic carbocycles. The molecule has 1 aliphatic heterocycles. The molecule has 2 aromatic heterocycles. The van der Waals surface area contributed by atoms with Gasteiger partial charge in [-0.15, -0.1) is 11.3 Å². The molecule has 5 rings (SSSR count). The molecule has 1 saturated heterocycles. The SMILES string of the molecule is CCOc1cc(C(=O)N2CCC3(CC2)Cc2sc(C(C)(C)C)nc2C(O)C3)cc2c(C)[nH]nc12. The van der Waals surface area contributed by atoms with Crippen LogP contribution >= 0.6 is 11.3 Å². The van der Waals surface area contributed by atoms with Crippen molar-refractivity contribution in [2.45, 2.75) is 71.8 Å². The number of hydrogen-bond donors (Lipinski definition) is 2. The number of H-pyrrole nitrogens is 1. The third-order valence-corrected chi connectivity index (χ3v) is 8.82. The zero-order chi connectivity index (χ0) is 24.3. The van der Waals surface area contributed by atoms with Gasteiger partial charge in [0.15, 0.2) is 0 Å². The predicted octanol–water partition coefficient (Wildman–Crippen LogP) is 4.93. The number of hydrogen-bond acceptors (Lipinski definition) is 6. The highest BCUT2D eigenvalue weighted by molar-refractivity contribution is 7.11. The monoisotopic (exact) mass is 482 g/mol. The van der Waals surface area contributed by atoms with Crippen LogP contribution in [-0.4, -0.2) is 50.8 Å². The Hall–Kier alpha value is -2.45. The van der Waals surface area contributed by atoms with E-state index in [9.17, 15) is 9.90 Å². The number of nitrogens with zero attached hydrogens (tertiary/aromatic N) is 3. The van der Waals surface area contributed by atoms with Gasteiger partial charge in [-0.2, -0.15) is 5.10 Å². The van der Waals surface area contributed by atoms with Crippen LogP contribution in [0.2, 0.25) is 0 Å². The third-order valence-electron chi connectivity index (χ3n) is 7.32. The predicted molar refractivity (Wildman–Crippen MR) is 134 cm³/mol. The standard InChI is InChI=1S/C26H34N4O3S/c1-6-33-19-12-16(11-17-15(2)28-29-21(17)19)23(32)30-9-7-26(8-10-30)13-18(31)22-20(14-26)34-24(27-22)25(3,4)5/h11-12,18,31H,6-10,13-14H2,1-5H3,(H,28,29). The first kappa shape index (κ1) is 23.3. The number of fused-ring (bicyclic) bond motifs is 2. The topological polar surface area (TPSA) is 91.3 Å². The van der Waals surface area contributed by atoms with Crippen molar-refractivity contribution in [3.63, 3.8) is 0 Å². The number of nitrogens with one attached hydrogen (secondary N) is 1. The van der Waals surface area contributed by atoms with Crippen LogP contribution in [0.15, 0.2) is 12.1 Å². The summed E-state index contributed by atoms with van der Waals surface area (Å²) in [4.78, 5) is 21.4. The van der Waals surface area contributed by atoms with Crippen LogP contribution in [0.1, 0.15) is 84.7 Å². The van der Waals surface area contributed by atoms with Crippen molar-refractivity contribution in [3.8, 4) is 5.75 Å². The number of thiazole rings is 1. The molecule has 1 atom stereocenters. The van der Waals surface area contributed by atoms with Gasteiger partial charge in [0.05, 0.1) is 23.4 Å². The first-order chi connectivity index (χ1) is 16.1. The molecular formula is C26H34N4O3S. The van der Waals surface area contributed by atoms with E-state index in [4.69, 9.17) is 9.72 Å². The second-order valence-corrected chi connectivity index (χ2v) is 12.0. The highest BCUT2D eigenvalue weighted by atomic mass is 32.1. The number of amides is 1. The maximum absolute atomic E-state index is 13.5. The van der Waals surface area contributed by atoms with Crippen LogP contribution in [-0.2, 0) is 11.8 Å². The van der Waals surface area contributed by atoms with Gasteiger partial charge in [0.1, 0.15) is 11.3 Å². The number of ether oxygens (including phenoxy) is 1. The normalized spacial score (nSPS) is 20.1. The van der Waals surface area contributed by atoms with Gasteiger partial charge in [-0.3, -0.25) is 9.89 Å². The average Bonchev–Trinajstić information content (AvgIpc) is 3.38. The number of carbonyl (C=O) groups is 1. The van der Waals surface area contributed by atoms with E-state index in [1.165, 1.54) is 4.88 Å². The molecule has 3 heterocycles. The molecule has 0 saturated carbocycles. The van der Waals surface area contributed by atoms with Crippen molar-refractivity contribution in [1.82, 2.24) is 20.1 Å². The van der Waals surface area contributed by atoms with E-state index in [1.54, 1.807) is 11.3 Å². The molecule has 0 radical (unpaired) electrons. The maximum Gasteiger partial charge on any atom is 0.254 e. The van der Waals surface area contributed by atoms with Gasteiger partial charge in [-0.1, -0.05) is 20.8 Å². The van der Waals surface area contributed by atoms with Crippen LogP contribution in [0.25, 0.3) is 10.9 Å². The largest absolute Gasteiger partial charge is 0.491 e. The summed E-state index contributed by atoms with van der Waals surface area (Å²) >= 11 is 1.75. The molecule has 1 spiro atoms. The summed E-state index contributed by atoms with van der Waals surface area (Å²) < 4.78 is 5.79. The van der Waals surface area contributed by atoms with Crippen LogP contribution < -0.4 is 4.74 Å². The number of rotatable bonds is 3. The van der Waals surface area contributed by atoms with E-state index in [0.717, 1.165) is 53.0 Å². The minimum absolute atomic E-state index is 0.0144. The first-order valence-electron chi connectivity index (χ1n) is 12.2. The van der Waals surface area contributed by atoms with Crippen molar-refractivity contribution < 1.29 is 14.6 Å². The van der Waals surface area contributed by atoms with E-state index in [0.29, 0.717) is 31.0 Å². The number of piperidine rings is 1. The van der Waals surface area contributed by atoms with E-state index in [2.05, 4.69) is 31.0 Å². The van der Waals surface area contributed by atoms with Gasteiger partial charge in [0.25, 0.3) is 5.91 Å². The molecule has 2 N–H and O–H groups in total. The van der Waals surface area contributed by atoms with Crippen molar-refractivity contribution in [2.75, 3.05) is 19.7 Å². The highest BCUT2D eigenvalue weighted by Gasteiger charge is 2.44. The summed E-state index contributed by atoms with van der Waals surface area (Å²) in [5.74, 6) is 0.673. The molecule has 182 valence electrons.